The van der Waals surface area contributed by atoms with Crippen molar-refractivity contribution in [3.05, 3.63) is 23.9 Å². The number of likely N-dealkylation sites (tertiary alicyclic amines) is 1. The Balaban J connectivity index is 1.94. The van der Waals surface area contributed by atoms with Gasteiger partial charge in [0.05, 0.1) is 0 Å². The first-order chi connectivity index (χ1) is 10.2. The van der Waals surface area contributed by atoms with Crippen LogP contribution >= 0.6 is 0 Å². The van der Waals surface area contributed by atoms with Gasteiger partial charge in [-0.15, -0.1) is 0 Å². The second kappa shape index (κ2) is 7.98. The maximum atomic E-state index is 12.5. The van der Waals surface area contributed by atoms with E-state index in [2.05, 4.69) is 17.2 Å². The van der Waals surface area contributed by atoms with Crippen LogP contribution in [-0.4, -0.2) is 49.1 Å². The summed E-state index contributed by atoms with van der Waals surface area (Å²) >= 11 is 0. The van der Waals surface area contributed by atoms with E-state index >= 15 is 0 Å². The van der Waals surface area contributed by atoms with Gasteiger partial charge in [-0.1, -0.05) is 6.92 Å². The van der Waals surface area contributed by atoms with Crippen molar-refractivity contribution in [2.75, 3.05) is 38.7 Å². The van der Waals surface area contributed by atoms with E-state index in [-0.39, 0.29) is 5.91 Å². The molecule has 0 bridgehead atoms. The molecule has 1 aromatic rings. The maximum Gasteiger partial charge on any atom is 0.254 e. The van der Waals surface area contributed by atoms with Gasteiger partial charge in [-0.2, -0.15) is 0 Å². The topological polar surface area (TPSA) is 54.5 Å². The van der Waals surface area contributed by atoms with Crippen molar-refractivity contribution in [1.82, 2.24) is 9.88 Å². The van der Waals surface area contributed by atoms with Crippen molar-refractivity contribution in [1.29, 1.82) is 0 Å². The molecule has 0 unspecified atom stereocenters. The number of nitrogens with one attached hydrogen (secondary N) is 1. The molecule has 2 rings (SSSR count). The first-order valence-electron chi connectivity index (χ1n) is 7.72. The fourth-order valence-corrected chi connectivity index (χ4v) is 2.63. The second-order valence-electron chi connectivity index (χ2n) is 5.55. The van der Waals surface area contributed by atoms with Gasteiger partial charge in [0.1, 0.15) is 5.82 Å². The summed E-state index contributed by atoms with van der Waals surface area (Å²) in [6, 6.07) is 3.64. The smallest absolute Gasteiger partial charge is 0.254 e. The minimum atomic E-state index is 0.104. The summed E-state index contributed by atoms with van der Waals surface area (Å²) in [6.07, 6.45) is 4.77. The lowest BCUT2D eigenvalue weighted by molar-refractivity contribution is 0.0613. The molecule has 1 amide bonds. The summed E-state index contributed by atoms with van der Waals surface area (Å²) in [5.74, 6) is 1.46. The Morgan fingerprint density at radius 2 is 2.24 bits per heavy atom. The lowest BCUT2D eigenvalue weighted by Crippen LogP contribution is -2.39. The lowest BCUT2D eigenvalue weighted by atomic mass is 9.97. The number of piperidine rings is 1. The van der Waals surface area contributed by atoms with Crippen LogP contribution < -0.4 is 5.32 Å². The summed E-state index contributed by atoms with van der Waals surface area (Å²) < 4.78 is 5.19. The van der Waals surface area contributed by atoms with Crippen LogP contribution in [0.15, 0.2) is 18.3 Å². The van der Waals surface area contributed by atoms with Crippen LogP contribution in [0.25, 0.3) is 0 Å². The van der Waals surface area contributed by atoms with Crippen LogP contribution in [-0.2, 0) is 4.74 Å². The maximum absolute atomic E-state index is 12.5. The van der Waals surface area contributed by atoms with Gasteiger partial charge >= 0.3 is 0 Å². The highest BCUT2D eigenvalue weighted by Crippen LogP contribution is 2.19. The zero-order chi connectivity index (χ0) is 15.1. The number of aromatic nitrogens is 1. The van der Waals surface area contributed by atoms with E-state index in [1.54, 1.807) is 19.4 Å². The van der Waals surface area contributed by atoms with E-state index in [4.69, 9.17) is 4.74 Å². The van der Waals surface area contributed by atoms with E-state index in [9.17, 15) is 4.79 Å². The van der Waals surface area contributed by atoms with Crippen molar-refractivity contribution < 1.29 is 9.53 Å². The van der Waals surface area contributed by atoms with Crippen LogP contribution in [0.1, 0.15) is 36.5 Å². The number of nitrogens with zero attached hydrogens (tertiary/aromatic N) is 2. The molecular formula is C16H25N3O2. The van der Waals surface area contributed by atoms with Gasteiger partial charge in [-0.25, -0.2) is 4.98 Å². The molecule has 5 nitrogen and oxygen atoms in total. The third-order valence-corrected chi connectivity index (χ3v) is 3.87. The molecule has 5 heteroatoms. The summed E-state index contributed by atoms with van der Waals surface area (Å²) in [6.45, 7) is 5.39. The van der Waals surface area contributed by atoms with E-state index in [1.165, 1.54) is 0 Å². The van der Waals surface area contributed by atoms with Crippen molar-refractivity contribution in [2.24, 2.45) is 5.92 Å². The van der Waals surface area contributed by atoms with E-state index in [0.29, 0.717) is 11.5 Å². The standard InChI is InChI=1S/C16H25N3O2/c1-3-7-17-15-11-14(4-8-18-15)16(20)19-9-5-13(6-10-19)12-21-2/h4,8,11,13H,3,5-7,9-10,12H2,1-2H3,(H,17,18). The number of rotatable bonds is 6. The van der Waals surface area contributed by atoms with E-state index < -0.39 is 0 Å². The fourth-order valence-electron chi connectivity index (χ4n) is 2.63. The summed E-state index contributed by atoms with van der Waals surface area (Å²) in [5.41, 5.74) is 0.716. The predicted octanol–water partition coefficient (Wildman–Crippen LogP) is 2.40. The van der Waals surface area contributed by atoms with Crippen molar-refractivity contribution in [3.8, 4) is 0 Å². The zero-order valence-corrected chi connectivity index (χ0v) is 13.0. The molecule has 116 valence electrons. The molecule has 1 aliphatic rings. The summed E-state index contributed by atoms with van der Waals surface area (Å²) in [7, 11) is 1.74. The molecule has 0 aliphatic carbocycles. The van der Waals surface area contributed by atoms with Gasteiger partial charge in [0, 0.05) is 45.1 Å². The highest BCUT2D eigenvalue weighted by atomic mass is 16.5. The first-order valence-corrected chi connectivity index (χ1v) is 7.72. The molecule has 1 saturated heterocycles. The Bertz CT molecular complexity index is 457. The number of carbonyl (C=O) groups excluding carboxylic acids is 1. The average Bonchev–Trinajstić information content (AvgIpc) is 2.53. The molecule has 0 saturated carbocycles. The van der Waals surface area contributed by atoms with Gasteiger partial charge in [-0.05, 0) is 37.3 Å². The third-order valence-electron chi connectivity index (χ3n) is 3.87. The van der Waals surface area contributed by atoms with Crippen molar-refractivity contribution in [2.45, 2.75) is 26.2 Å². The molecular weight excluding hydrogens is 266 g/mol. The van der Waals surface area contributed by atoms with Crippen LogP contribution in [0.3, 0.4) is 0 Å². The Morgan fingerprint density at radius 3 is 2.90 bits per heavy atom. The van der Waals surface area contributed by atoms with Gasteiger partial charge in [-0.3, -0.25) is 4.79 Å². The highest BCUT2D eigenvalue weighted by Gasteiger charge is 2.23. The average molecular weight is 291 g/mol. The largest absolute Gasteiger partial charge is 0.384 e. The monoisotopic (exact) mass is 291 g/mol. The number of pyridine rings is 1. The fraction of sp³-hybridized carbons (Fsp3) is 0.625. The number of methoxy groups -OCH3 is 1. The van der Waals surface area contributed by atoms with Gasteiger partial charge in [0.15, 0.2) is 0 Å². The molecule has 1 fully saturated rings. The Labute approximate surface area is 126 Å². The molecule has 1 aliphatic heterocycles. The molecule has 1 aromatic heterocycles. The van der Waals surface area contributed by atoms with Crippen LogP contribution in [0.2, 0.25) is 0 Å². The molecule has 0 aromatic carbocycles. The quantitative estimate of drug-likeness (QED) is 0.874. The van der Waals surface area contributed by atoms with E-state index in [1.807, 2.05) is 11.0 Å². The number of ether oxygens (including phenoxy) is 1. The molecule has 1 N–H and O–H groups in total. The molecule has 21 heavy (non-hydrogen) atoms. The Kier molecular flexibility index (Phi) is 5.99. The van der Waals surface area contributed by atoms with Crippen molar-refractivity contribution in [3.63, 3.8) is 0 Å². The molecule has 0 atom stereocenters. The van der Waals surface area contributed by atoms with Crippen LogP contribution in [0.5, 0.6) is 0 Å². The summed E-state index contributed by atoms with van der Waals surface area (Å²) in [4.78, 5) is 18.7. The molecule has 0 radical (unpaired) electrons. The predicted molar refractivity (Wildman–Crippen MR) is 83.5 cm³/mol. The number of carbonyl (C=O) groups is 1. The third kappa shape index (κ3) is 4.43. The highest BCUT2D eigenvalue weighted by molar-refractivity contribution is 5.94. The van der Waals surface area contributed by atoms with Gasteiger partial charge < -0.3 is 15.0 Å². The van der Waals surface area contributed by atoms with Gasteiger partial charge in [0.25, 0.3) is 5.91 Å². The van der Waals surface area contributed by atoms with Crippen LogP contribution in [0.4, 0.5) is 5.82 Å². The lowest BCUT2D eigenvalue weighted by Gasteiger charge is -2.31. The second-order valence-corrected chi connectivity index (χ2v) is 5.55. The minimum absolute atomic E-state index is 0.104. The minimum Gasteiger partial charge on any atom is -0.384 e. The first kappa shape index (κ1) is 15.8. The molecule has 0 spiro atoms. The van der Waals surface area contributed by atoms with Crippen molar-refractivity contribution >= 4 is 11.7 Å². The molecule has 2 heterocycles. The number of anilines is 1. The van der Waals surface area contributed by atoms with E-state index in [0.717, 1.165) is 51.3 Å². The summed E-state index contributed by atoms with van der Waals surface area (Å²) in [5, 5.41) is 3.22. The number of hydrogen-bond donors (Lipinski definition) is 1. The zero-order valence-electron chi connectivity index (χ0n) is 13.0. The number of hydrogen-bond acceptors (Lipinski definition) is 4. The Hall–Kier alpha value is -1.62. The SMILES string of the molecule is CCCNc1cc(C(=O)N2CCC(COC)CC2)ccn1. The van der Waals surface area contributed by atoms with Crippen LogP contribution in [0, 0.1) is 5.92 Å². The number of amides is 1. The normalized spacial score (nSPS) is 16.0. The van der Waals surface area contributed by atoms with Gasteiger partial charge in [0.2, 0.25) is 0 Å². The Morgan fingerprint density at radius 1 is 1.48 bits per heavy atom.